The van der Waals surface area contributed by atoms with Gasteiger partial charge < -0.3 is 4.90 Å². The highest BCUT2D eigenvalue weighted by Gasteiger charge is 2.25. The molecular formula is C15H14N2O4S. The maximum atomic E-state index is 12.0. The van der Waals surface area contributed by atoms with Crippen molar-refractivity contribution in [1.29, 1.82) is 0 Å². The number of hydrogen-bond acceptors (Lipinski definition) is 5. The second-order valence-corrected chi connectivity index (χ2v) is 7.29. The minimum Gasteiger partial charge on any atom is -0.362 e. The summed E-state index contributed by atoms with van der Waals surface area (Å²) >= 11 is 0. The van der Waals surface area contributed by atoms with E-state index in [4.69, 9.17) is 0 Å². The molecule has 2 aromatic carbocycles. The summed E-state index contributed by atoms with van der Waals surface area (Å²) in [6.07, 6.45) is 1.07. The molecule has 0 aromatic heterocycles. The first-order chi connectivity index (χ1) is 10.4. The van der Waals surface area contributed by atoms with Gasteiger partial charge in [0.25, 0.3) is 5.69 Å². The maximum absolute atomic E-state index is 12.0. The van der Waals surface area contributed by atoms with Crippen LogP contribution < -0.4 is 4.90 Å². The zero-order valence-electron chi connectivity index (χ0n) is 11.9. The molecule has 0 saturated carbocycles. The van der Waals surface area contributed by atoms with Gasteiger partial charge in [0.05, 0.1) is 15.5 Å². The number of non-ortho nitro benzene ring substituents is 1. The zero-order chi connectivity index (χ0) is 15.9. The van der Waals surface area contributed by atoms with Gasteiger partial charge in [-0.05, 0) is 17.2 Å². The molecule has 0 saturated heterocycles. The van der Waals surface area contributed by atoms with Crippen LogP contribution in [0.4, 0.5) is 11.4 Å². The highest BCUT2D eigenvalue weighted by molar-refractivity contribution is 7.90. The number of fused-ring (bicyclic) bond motifs is 1. The molecule has 0 amide bonds. The Morgan fingerprint density at radius 1 is 1.09 bits per heavy atom. The lowest BCUT2D eigenvalue weighted by molar-refractivity contribution is -0.385. The summed E-state index contributed by atoms with van der Waals surface area (Å²) in [6.45, 7) is 1.19. The minimum atomic E-state index is -3.56. The van der Waals surface area contributed by atoms with Crippen molar-refractivity contribution in [3.05, 3.63) is 63.7 Å². The van der Waals surface area contributed by atoms with Crippen LogP contribution in [0.15, 0.2) is 47.4 Å². The molecule has 0 spiro atoms. The third-order valence-corrected chi connectivity index (χ3v) is 4.86. The second-order valence-electron chi connectivity index (χ2n) is 5.31. The summed E-state index contributed by atoms with van der Waals surface area (Å²) in [5.41, 5.74) is 2.56. The van der Waals surface area contributed by atoms with E-state index in [2.05, 4.69) is 0 Å². The summed E-state index contributed by atoms with van der Waals surface area (Å²) in [6, 6.07) is 11.9. The van der Waals surface area contributed by atoms with E-state index >= 15 is 0 Å². The number of benzene rings is 2. The first kappa shape index (κ1) is 14.5. The van der Waals surface area contributed by atoms with Gasteiger partial charge in [0.1, 0.15) is 0 Å². The van der Waals surface area contributed by atoms with Crippen molar-refractivity contribution in [3.8, 4) is 0 Å². The Morgan fingerprint density at radius 2 is 1.68 bits per heavy atom. The summed E-state index contributed by atoms with van der Waals surface area (Å²) in [5.74, 6) is 0. The summed E-state index contributed by atoms with van der Waals surface area (Å²) in [4.78, 5) is 12.2. The Labute approximate surface area is 128 Å². The van der Waals surface area contributed by atoms with Crippen LogP contribution in [0.1, 0.15) is 11.1 Å². The summed E-state index contributed by atoms with van der Waals surface area (Å²) in [7, 11) is -3.56. The zero-order valence-corrected chi connectivity index (χ0v) is 12.7. The molecule has 3 rings (SSSR count). The third-order valence-electron chi connectivity index (χ3n) is 3.74. The molecule has 2 aromatic rings. The molecule has 22 heavy (non-hydrogen) atoms. The Hall–Kier alpha value is -2.41. The molecule has 7 heteroatoms. The van der Waals surface area contributed by atoms with Crippen molar-refractivity contribution in [2.45, 2.75) is 18.0 Å². The Kier molecular flexibility index (Phi) is 3.37. The van der Waals surface area contributed by atoms with Crippen LogP contribution in [-0.2, 0) is 22.9 Å². The first-order valence-corrected chi connectivity index (χ1v) is 8.55. The number of anilines is 1. The van der Waals surface area contributed by atoms with E-state index in [1.807, 2.05) is 29.2 Å². The molecule has 0 N–H and O–H groups in total. The van der Waals surface area contributed by atoms with Crippen LogP contribution in [0.25, 0.3) is 0 Å². The number of rotatable bonds is 3. The average molecular weight is 318 g/mol. The molecule has 1 aliphatic rings. The maximum Gasteiger partial charge on any atom is 0.270 e. The van der Waals surface area contributed by atoms with Crippen LogP contribution in [0.2, 0.25) is 0 Å². The van der Waals surface area contributed by atoms with E-state index in [0.717, 1.165) is 23.4 Å². The number of sulfone groups is 1. The largest absolute Gasteiger partial charge is 0.362 e. The lowest BCUT2D eigenvalue weighted by Crippen LogP contribution is -2.18. The quantitative estimate of drug-likeness (QED) is 0.641. The van der Waals surface area contributed by atoms with Crippen LogP contribution in [-0.4, -0.2) is 19.6 Å². The number of nitrogens with zero attached hydrogens (tertiary/aromatic N) is 2. The topological polar surface area (TPSA) is 80.5 Å². The predicted molar refractivity (Wildman–Crippen MR) is 82.5 cm³/mol. The predicted octanol–water partition coefficient (Wildman–Crippen LogP) is 2.52. The van der Waals surface area contributed by atoms with E-state index in [1.165, 1.54) is 12.1 Å². The van der Waals surface area contributed by atoms with Crippen molar-refractivity contribution in [1.82, 2.24) is 0 Å². The number of hydrogen-bond donors (Lipinski definition) is 0. The normalized spacial score (nSPS) is 14.0. The molecule has 0 atom stereocenters. The SMILES string of the molecule is CS(=O)(=O)c1cc([N+](=O)[O-])ccc1N1Cc2ccccc2C1. The van der Waals surface area contributed by atoms with Crippen LogP contribution in [0, 0.1) is 10.1 Å². The Bertz CT molecular complexity index is 837. The lowest BCUT2D eigenvalue weighted by Gasteiger charge is -2.20. The Morgan fingerprint density at radius 3 is 2.18 bits per heavy atom. The van der Waals surface area contributed by atoms with E-state index in [1.54, 1.807) is 0 Å². The molecular weight excluding hydrogens is 304 g/mol. The van der Waals surface area contributed by atoms with E-state index < -0.39 is 14.8 Å². The first-order valence-electron chi connectivity index (χ1n) is 6.66. The van der Waals surface area contributed by atoms with Crippen molar-refractivity contribution in [2.24, 2.45) is 0 Å². The molecule has 114 valence electrons. The van der Waals surface area contributed by atoms with Gasteiger partial charge in [0, 0.05) is 31.5 Å². The van der Waals surface area contributed by atoms with E-state index in [9.17, 15) is 18.5 Å². The van der Waals surface area contributed by atoms with Crippen molar-refractivity contribution >= 4 is 21.2 Å². The molecule has 0 radical (unpaired) electrons. The number of nitro groups is 1. The van der Waals surface area contributed by atoms with Gasteiger partial charge in [-0.2, -0.15) is 0 Å². The number of nitro benzene ring substituents is 1. The van der Waals surface area contributed by atoms with Crippen LogP contribution in [0.5, 0.6) is 0 Å². The fourth-order valence-corrected chi connectivity index (χ4v) is 3.59. The molecule has 1 heterocycles. The average Bonchev–Trinajstić information content (AvgIpc) is 2.89. The monoisotopic (exact) mass is 318 g/mol. The molecule has 0 bridgehead atoms. The second kappa shape index (κ2) is 5.10. The van der Waals surface area contributed by atoms with Gasteiger partial charge in [0.2, 0.25) is 0 Å². The van der Waals surface area contributed by atoms with Crippen LogP contribution >= 0.6 is 0 Å². The third kappa shape index (κ3) is 2.55. The highest BCUT2D eigenvalue weighted by Crippen LogP contribution is 2.34. The van der Waals surface area contributed by atoms with Crippen molar-refractivity contribution < 1.29 is 13.3 Å². The molecule has 0 fully saturated rings. The molecule has 1 aliphatic heterocycles. The van der Waals surface area contributed by atoms with Crippen LogP contribution in [0.3, 0.4) is 0 Å². The van der Waals surface area contributed by atoms with Gasteiger partial charge in [-0.25, -0.2) is 8.42 Å². The Balaban J connectivity index is 2.07. The molecule has 0 unspecified atom stereocenters. The molecule has 0 aliphatic carbocycles. The summed E-state index contributed by atoms with van der Waals surface area (Å²) in [5, 5.41) is 10.9. The van der Waals surface area contributed by atoms with Gasteiger partial charge >= 0.3 is 0 Å². The summed E-state index contributed by atoms with van der Waals surface area (Å²) < 4.78 is 24.0. The van der Waals surface area contributed by atoms with Gasteiger partial charge in [-0.1, -0.05) is 24.3 Å². The van der Waals surface area contributed by atoms with E-state index in [0.29, 0.717) is 18.8 Å². The minimum absolute atomic E-state index is 0.00509. The van der Waals surface area contributed by atoms with Gasteiger partial charge in [0.15, 0.2) is 9.84 Å². The van der Waals surface area contributed by atoms with Gasteiger partial charge in [-0.15, -0.1) is 0 Å². The molecule has 6 nitrogen and oxygen atoms in total. The lowest BCUT2D eigenvalue weighted by atomic mass is 10.1. The highest BCUT2D eigenvalue weighted by atomic mass is 32.2. The van der Waals surface area contributed by atoms with Crippen molar-refractivity contribution in [3.63, 3.8) is 0 Å². The van der Waals surface area contributed by atoms with Gasteiger partial charge in [-0.3, -0.25) is 10.1 Å². The van der Waals surface area contributed by atoms with E-state index in [-0.39, 0.29) is 10.6 Å². The fraction of sp³-hybridized carbons (Fsp3) is 0.200. The van der Waals surface area contributed by atoms with Crippen molar-refractivity contribution in [2.75, 3.05) is 11.2 Å². The standard InChI is InChI=1S/C15H14N2O4S/c1-22(20,21)15-8-13(17(18)19)6-7-14(15)16-9-11-4-2-3-5-12(11)10-16/h2-8H,9-10H2,1H3. The smallest absolute Gasteiger partial charge is 0.270 e. The fourth-order valence-electron chi connectivity index (χ4n) is 2.68.